The highest BCUT2D eigenvalue weighted by Crippen LogP contribution is 2.43. The molecule has 0 spiro atoms. The molecule has 1 N–H and O–H groups in total. The summed E-state index contributed by atoms with van der Waals surface area (Å²) in [5, 5.41) is 0.835. The van der Waals surface area contributed by atoms with Gasteiger partial charge in [-0.25, -0.2) is 4.79 Å². The van der Waals surface area contributed by atoms with Crippen molar-refractivity contribution < 1.29 is 14.3 Å². The number of ether oxygens (including phenoxy) is 1. The van der Waals surface area contributed by atoms with Gasteiger partial charge in [-0.1, -0.05) is 30.3 Å². The number of para-hydroxylation sites is 1. The van der Waals surface area contributed by atoms with Crippen molar-refractivity contribution in [1.29, 1.82) is 0 Å². The molecule has 0 bridgehead atoms. The van der Waals surface area contributed by atoms with E-state index in [-0.39, 0.29) is 5.78 Å². The van der Waals surface area contributed by atoms with Gasteiger partial charge in [0.05, 0.1) is 10.1 Å². The summed E-state index contributed by atoms with van der Waals surface area (Å²) in [5.41, 5.74) is 3.11. The quantitative estimate of drug-likeness (QED) is 0.446. The van der Waals surface area contributed by atoms with Gasteiger partial charge in [-0.05, 0) is 48.6 Å². The maximum absolute atomic E-state index is 12.7. The van der Waals surface area contributed by atoms with E-state index in [1.165, 1.54) is 23.5 Å². The minimum Gasteiger partial charge on any atom is -0.451 e. The molecular weight excluding hydrogens is 390 g/mol. The van der Waals surface area contributed by atoms with Gasteiger partial charge in [0.25, 0.3) is 0 Å². The molecule has 0 aliphatic carbocycles. The fraction of sp³-hybridized carbons (Fsp3) is 0.273. The number of Topliss-reactive ketones (excluding diaryl/α,β-unsaturated/α-hetero) is 1. The number of ketones is 1. The van der Waals surface area contributed by atoms with E-state index in [0.29, 0.717) is 15.7 Å². The van der Waals surface area contributed by atoms with Gasteiger partial charge in [0.15, 0.2) is 6.10 Å². The molecule has 2 aromatic carbocycles. The predicted molar refractivity (Wildman–Crippen MR) is 116 cm³/mol. The minimum absolute atomic E-state index is 0.211. The molecule has 1 saturated heterocycles. The van der Waals surface area contributed by atoms with Gasteiger partial charge >= 0.3 is 5.97 Å². The lowest BCUT2D eigenvalue weighted by molar-refractivity contribution is 0.0319. The van der Waals surface area contributed by atoms with Gasteiger partial charge < -0.3 is 9.72 Å². The predicted octanol–water partition coefficient (Wildman–Crippen LogP) is 5.46. The number of esters is 1. The third kappa shape index (κ3) is 3.98. The molecular formula is C22H21NO3S2. The van der Waals surface area contributed by atoms with E-state index in [1.54, 1.807) is 25.3 Å². The number of aromatic amines is 1. The van der Waals surface area contributed by atoms with Crippen molar-refractivity contribution >= 4 is 46.2 Å². The second kappa shape index (κ2) is 8.45. The molecule has 1 aliphatic rings. The zero-order valence-corrected chi connectivity index (χ0v) is 17.1. The largest absolute Gasteiger partial charge is 0.451 e. The van der Waals surface area contributed by atoms with Crippen molar-refractivity contribution in [1.82, 2.24) is 4.98 Å². The first-order chi connectivity index (χ1) is 13.6. The highest BCUT2D eigenvalue weighted by atomic mass is 32.2. The smallest absolute Gasteiger partial charge is 0.338 e. The molecule has 4 nitrogen and oxygen atoms in total. The third-order valence-corrected chi connectivity index (χ3v) is 7.77. The molecule has 0 radical (unpaired) electrons. The van der Waals surface area contributed by atoms with Crippen molar-refractivity contribution in [3.05, 3.63) is 71.4 Å². The Balaban J connectivity index is 1.43. The Morgan fingerprint density at radius 2 is 1.79 bits per heavy atom. The van der Waals surface area contributed by atoms with Crippen LogP contribution in [0, 0.1) is 0 Å². The lowest BCUT2D eigenvalue weighted by atomic mass is 10.1. The van der Waals surface area contributed by atoms with E-state index < -0.39 is 12.1 Å². The molecule has 0 unspecified atom stereocenters. The van der Waals surface area contributed by atoms with Gasteiger partial charge in [-0.15, -0.1) is 23.5 Å². The number of hydrogen-bond donors (Lipinski definition) is 1. The van der Waals surface area contributed by atoms with Crippen LogP contribution in [0.5, 0.6) is 0 Å². The minimum atomic E-state index is -0.851. The van der Waals surface area contributed by atoms with Crippen LogP contribution in [-0.2, 0) is 4.74 Å². The van der Waals surface area contributed by atoms with Crippen molar-refractivity contribution in [2.45, 2.75) is 24.0 Å². The topological polar surface area (TPSA) is 59.2 Å². The van der Waals surface area contributed by atoms with E-state index in [0.717, 1.165) is 10.9 Å². The summed E-state index contributed by atoms with van der Waals surface area (Å²) < 4.78 is 5.88. The van der Waals surface area contributed by atoms with Crippen LogP contribution in [0.3, 0.4) is 0 Å². The van der Waals surface area contributed by atoms with Crippen molar-refractivity contribution in [2.24, 2.45) is 0 Å². The van der Waals surface area contributed by atoms with Crippen LogP contribution < -0.4 is 0 Å². The molecule has 1 aliphatic heterocycles. The van der Waals surface area contributed by atoms with Gasteiger partial charge in [0, 0.05) is 22.7 Å². The SMILES string of the molecule is C[C@H](OC(=O)c1ccc(C2SCCCS2)cc1)C(=O)c1c[nH]c2ccccc12. The number of hydrogen-bond acceptors (Lipinski definition) is 5. The maximum atomic E-state index is 12.7. The second-order valence-electron chi connectivity index (χ2n) is 6.71. The van der Waals surface area contributed by atoms with E-state index in [1.807, 2.05) is 59.9 Å². The number of benzene rings is 2. The molecule has 1 fully saturated rings. The van der Waals surface area contributed by atoms with Gasteiger partial charge in [-0.2, -0.15) is 0 Å². The average Bonchev–Trinajstić information content (AvgIpc) is 3.18. The number of carbonyl (C=O) groups is 2. The lowest BCUT2D eigenvalue weighted by Gasteiger charge is -2.21. The van der Waals surface area contributed by atoms with E-state index >= 15 is 0 Å². The average molecular weight is 412 g/mol. The van der Waals surface area contributed by atoms with Gasteiger partial charge in [0.1, 0.15) is 0 Å². The number of aromatic nitrogens is 1. The fourth-order valence-corrected chi connectivity index (χ4v) is 6.13. The van der Waals surface area contributed by atoms with Crippen LogP contribution in [0.1, 0.15) is 44.2 Å². The first-order valence-electron chi connectivity index (χ1n) is 9.28. The van der Waals surface area contributed by atoms with Crippen LogP contribution in [0.2, 0.25) is 0 Å². The summed E-state index contributed by atoms with van der Waals surface area (Å²) in [4.78, 5) is 28.3. The zero-order chi connectivity index (χ0) is 19.5. The monoisotopic (exact) mass is 411 g/mol. The van der Waals surface area contributed by atoms with Crippen LogP contribution in [0.15, 0.2) is 54.7 Å². The van der Waals surface area contributed by atoms with Gasteiger partial charge in [0.2, 0.25) is 5.78 Å². The zero-order valence-electron chi connectivity index (χ0n) is 15.5. The molecule has 0 amide bonds. The fourth-order valence-electron chi connectivity index (χ4n) is 3.23. The molecule has 4 rings (SSSR count). The molecule has 6 heteroatoms. The van der Waals surface area contributed by atoms with E-state index in [2.05, 4.69) is 4.98 Å². The maximum Gasteiger partial charge on any atom is 0.338 e. The second-order valence-corrected chi connectivity index (χ2v) is 9.43. The molecule has 3 aromatic rings. The molecule has 1 aromatic heterocycles. The highest BCUT2D eigenvalue weighted by Gasteiger charge is 2.23. The van der Waals surface area contributed by atoms with E-state index in [4.69, 9.17) is 4.74 Å². The Morgan fingerprint density at radius 1 is 1.07 bits per heavy atom. The normalized spacial score (nSPS) is 16.0. The number of nitrogens with one attached hydrogen (secondary N) is 1. The summed E-state index contributed by atoms with van der Waals surface area (Å²) in [5.74, 6) is 1.66. The molecule has 144 valence electrons. The Labute approximate surface area is 172 Å². The summed E-state index contributed by atoms with van der Waals surface area (Å²) in [6.07, 6.45) is 2.07. The number of fused-ring (bicyclic) bond motifs is 1. The van der Waals surface area contributed by atoms with E-state index in [9.17, 15) is 9.59 Å². The van der Waals surface area contributed by atoms with Crippen LogP contribution >= 0.6 is 23.5 Å². The standard InChI is InChI=1S/C22H21NO3S2/c1-14(20(24)18-13-23-19-6-3-2-5-17(18)19)26-21(25)15-7-9-16(10-8-15)22-27-11-4-12-28-22/h2-3,5-10,13-14,22-23H,4,11-12H2,1H3/t14-/m0/s1. The number of rotatable bonds is 5. The van der Waals surface area contributed by atoms with Crippen LogP contribution in [-0.4, -0.2) is 34.3 Å². The van der Waals surface area contributed by atoms with Gasteiger partial charge in [-0.3, -0.25) is 4.79 Å². The summed E-state index contributed by atoms with van der Waals surface area (Å²) in [6.45, 7) is 1.62. The lowest BCUT2D eigenvalue weighted by Crippen LogP contribution is -2.24. The Hall–Kier alpha value is -2.18. The highest BCUT2D eigenvalue weighted by molar-refractivity contribution is 8.16. The third-order valence-electron chi connectivity index (χ3n) is 4.75. The van der Waals surface area contributed by atoms with Crippen molar-refractivity contribution in [3.8, 4) is 0 Å². The summed E-state index contributed by atoms with van der Waals surface area (Å²) >= 11 is 3.89. The molecule has 2 heterocycles. The van der Waals surface area contributed by atoms with Crippen LogP contribution in [0.25, 0.3) is 10.9 Å². The Bertz CT molecular complexity index is 990. The Kier molecular flexibility index (Phi) is 5.78. The van der Waals surface area contributed by atoms with Crippen molar-refractivity contribution in [3.63, 3.8) is 0 Å². The summed E-state index contributed by atoms with van der Waals surface area (Å²) in [6, 6.07) is 15.1. The van der Waals surface area contributed by atoms with Crippen LogP contribution in [0.4, 0.5) is 0 Å². The first kappa shape index (κ1) is 19.2. The number of H-pyrrole nitrogens is 1. The summed E-state index contributed by atoms with van der Waals surface area (Å²) in [7, 11) is 0. The van der Waals surface area contributed by atoms with Crippen molar-refractivity contribution in [2.75, 3.05) is 11.5 Å². The molecule has 0 saturated carbocycles. The first-order valence-corrected chi connectivity index (χ1v) is 11.4. The molecule has 28 heavy (non-hydrogen) atoms. The molecule has 1 atom stereocenters. The number of thioether (sulfide) groups is 2. The number of carbonyl (C=O) groups excluding carboxylic acids is 2. The Morgan fingerprint density at radius 3 is 2.54 bits per heavy atom.